The number of anilines is 1. The highest BCUT2D eigenvalue weighted by atomic mass is 32.1. The fourth-order valence-corrected chi connectivity index (χ4v) is 2.79. The third kappa shape index (κ3) is 2.56. The molecule has 0 fully saturated rings. The van der Waals surface area contributed by atoms with Crippen LogP contribution in [0, 0.1) is 27.4 Å². The minimum atomic E-state index is -0.392. The minimum Gasteiger partial charge on any atom is -0.365 e. The van der Waals surface area contributed by atoms with Crippen LogP contribution in [0.3, 0.4) is 0 Å². The van der Waals surface area contributed by atoms with Crippen molar-refractivity contribution in [3.63, 3.8) is 0 Å². The van der Waals surface area contributed by atoms with Crippen LogP contribution >= 0.6 is 11.3 Å². The van der Waals surface area contributed by atoms with Crippen molar-refractivity contribution in [2.24, 2.45) is 5.92 Å². The number of nitro groups is 1. The third-order valence-electron chi connectivity index (χ3n) is 3.07. The lowest BCUT2D eigenvalue weighted by molar-refractivity contribution is -0.382. The number of hydrogen-bond acceptors (Lipinski definition) is 6. The quantitative estimate of drug-likeness (QED) is 0.623. The van der Waals surface area contributed by atoms with Gasteiger partial charge in [0.2, 0.25) is 0 Å². The Hall–Kier alpha value is -2.20. The van der Waals surface area contributed by atoms with Gasteiger partial charge in [-0.05, 0) is 26.0 Å². The van der Waals surface area contributed by atoms with Crippen LogP contribution < -0.4 is 4.90 Å². The molecule has 1 unspecified atom stereocenters. The van der Waals surface area contributed by atoms with Gasteiger partial charge in [-0.1, -0.05) is 0 Å². The fourth-order valence-electron chi connectivity index (χ4n) is 2.11. The van der Waals surface area contributed by atoms with E-state index in [-0.39, 0.29) is 11.6 Å². The Balaban J connectivity index is 2.54. The van der Waals surface area contributed by atoms with Gasteiger partial charge in [-0.15, -0.1) is 11.3 Å². The smallest absolute Gasteiger partial charge is 0.319 e. The van der Waals surface area contributed by atoms with E-state index < -0.39 is 4.92 Å². The zero-order valence-electron chi connectivity index (χ0n) is 11.2. The van der Waals surface area contributed by atoms with Crippen LogP contribution in [0.5, 0.6) is 0 Å². The van der Waals surface area contributed by atoms with Gasteiger partial charge in [-0.25, -0.2) is 4.98 Å². The molecule has 0 aliphatic rings. The van der Waals surface area contributed by atoms with Gasteiger partial charge in [0.05, 0.1) is 27.1 Å². The van der Waals surface area contributed by atoms with Crippen LogP contribution in [0.15, 0.2) is 17.6 Å². The van der Waals surface area contributed by atoms with E-state index in [1.807, 2.05) is 17.9 Å². The number of aromatic nitrogens is 1. The first-order chi connectivity index (χ1) is 9.58. The summed E-state index contributed by atoms with van der Waals surface area (Å²) >= 11 is 1.38. The Morgan fingerprint density at radius 1 is 1.60 bits per heavy atom. The zero-order valence-corrected chi connectivity index (χ0v) is 12.1. The van der Waals surface area contributed by atoms with Crippen LogP contribution in [0.2, 0.25) is 0 Å². The van der Waals surface area contributed by atoms with Crippen molar-refractivity contribution in [3.8, 4) is 6.07 Å². The van der Waals surface area contributed by atoms with Gasteiger partial charge in [-0.3, -0.25) is 10.1 Å². The molecule has 0 bridgehead atoms. The van der Waals surface area contributed by atoms with Crippen molar-refractivity contribution in [1.29, 1.82) is 5.26 Å². The van der Waals surface area contributed by atoms with E-state index >= 15 is 0 Å². The molecule has 1 atom stereocenters. The molecule has 0 aliphatic carbocycles. The molecule has 1 aromatic carbocycles. The Bertz CT molecular complexity index is 677. The summed E-state index contributed by atoms with van der Waals surface area (Å²) in [4.78, 5) is 16.9. The number of rotatable bonds is 5. The van der Waals surface area contributed by atoms with Crippen molar-refractivity contribution < 1.29 is 4.92 Å². The summed E-state index contributed by atoms with van der Waals surface area (Å²) in [5.41, 5.74) is 2.57. The third-order valence-corrected chi connectivity index (χ3v) is 3.87. The predicted molar refractivity (Wildman–Crippen MR) is 78.9 cm³/mol. The van der Waals surface area contributed by atoms with E-state index in [4.69, 9.17) is 5.26 Å². The predicted octanol–water partition coefficient (Wildman–Crippen LogP) is 3.19. The Morgan fingerprint density at radius 3 is 2.95 bits per heavy atom. The summed E-state index contributed by atoms with van der Waals surface area (Å²) in [6.45, 7) is 4.78. The summed E-state index contributed by atoms with van der Waals surface area (Å²) in [6, 6.07) is 5.74. The van der Waals surface area contributed by atoms with E-state index in [1.54, 1.807) is 18.5 Å². The van der Waals surface area contributed by atoms with Crippen LogP contribution in [-0.4, -0.2) is 23.0 Å². The van der Waals surface area contributed by atoms with Gasteiger partial charge in [0.1, 0.15) is 5.69 Å². The number of hydrogen-bond donors (Lipinski definition) is 0. The SMILES string of the molecule is CCN(CC(C)C#N)c1ccc2scnc2c1[N+](=O)[O-]. The second kappa shape index (κ2) is 5.84. The summed E-state index contributed by atoms with van der Waals surface area (Å²) in [7, 11) is 0. The molecule has 0 radical (unpaired) electrons. The largest absolute Gasteiger partial charge is 0.365 e. The van der Waals surface area contributed by atoms with E-state index in [0.717, 1.165) is 4.70 Å². The van der Waals surface area contributed by atoms with Gasteiger partial charge in [0.15, 0.2) is 5.52 Å². The lowest BCUT2D eigenvalue weighted by Crippen LogP contribution is -2.28. The fraction of sp³-hybridized carbons (Fsp3) is 0.385. The second-order valence-electron chi connectivity index (χ2n) is 4.46. The average molecular weight is 290 g/mol. The van der Waals surface area contributed by atoms with E-state index in [1.165, 1.54) is 11.3 Å². The first-order valence-corrected chi connectivity index (χ1v) is 7.11. The molecule has 0 saturated carbocycles. The Morgan fingerprint density at radius 2 is 2.35 bits per heavy atom. The monoisotopic (exact) mass is 290 g/mol. The summed E-state index contributed by atoms with van der Waals surface area (Å²) < 4.78 is 0.796. The molecular formula is C13H14N4O2S. The van der Waals surface area contributed by atoms with Gasteiger partial charge in [-0.2, -0.15) is 5.26 Å². The van der Waals surface area contributed by atoms with Crippen molar-refractivity contribution in [1.82, 2.24) is 4.98 Å². The Labute approximate surface area is 120 Å². The number of nitriles is 1. The number of nitrogens with zero attached hydrogens (tertiary/aromatic N) is 4. The van der Waals surface area contributed by atoms with E-state index in [2.05, 4.69) is 11.1 Å². The van der Waals surface area contributed by atoms with Crippen molar-refractivity contribution in [3.05, 3.63) is 27.8 Å². The molecule has 0 spiro atoms. The standard InChI is InChI=1S/C13H14N4O2S/c1-3-16(7-9(2)6-14)10-4-5-11-12(15-8-20-11)13(10)17(18)19/h4-5,8-9H,3,7H2,1-2H3. The molecule has 20 heavy (non-hydrogen) atoms. The minimum absolute atomic E-state index is 0.0238. The first kappa shape index (κ1) is 14.2. The lowest BCUT2D eigenvalue weighted by Gasteiger charge is -2.23. The normalized spacial score (nSPS) is 12.1. The second-order valence-corrected chi connectivity index (χ2v) is 5.34. The Kier molecular flexibility index (Phi) is 4.15. The van der Waals surface area contributed by atoms with Crippen molar-refractivity contribution in [2.45, 2.75) is 13.8 Å². The summed E-state index contributed by atoms with van der Waals surface area (Å²) in [5, 5.41) is 20.3. The molecule has 7 heteroatoms. The maximum Gasteiger partial charge on any atom is 0.319 e. The molecule has 104 valence electrons. The molecule has 0 saturated heterocycles. The maximum atomic E-state index is 11.4. The highest BCUT2D eigenvalue weighted by Gasteiger charge is 2.24. The van der Waals surface area contributed by atoms with Gasteiger partial charge in [0, 0.05) is 13.1 Å². The first-order valence-electron chi connectivity index (χ1n) is 6.23. The number of fused-ring (bicyclic) bond motifs is 1. The molecule has 0 amide bonds. The molecule has 0 aliphatic heterocycles. The molecule has 2 aromatic rings. The van der Waals surface area contributed by atoms with Crippen molar-refractivity contribution in [2.75, 3.05) is 18.0 Å². The molecular weight excluding hydrogens is 276 g/mol. The summed E-state index contributed by atoms with van der Waals surface area (Å²) in [6.07, 6.45) is 0. The molecule has 2 rings (SSSR count). The molecule has 1 aromatic heterocycles. The molecule has 6 nitrogen and oxygen atoms in total. The van der Waals surface area contributed by atoms with E-state index in [0.29, 0.717) is 24.3 Å². The van der Waals surface area contributed by atoms with Crippen molar-refractivity contribution >= 4 is 32.9 Å². The van der Waals surface area contributed by atoms with Gasteiger partial charge >= 0.3 is 5.69 Å². The number of benzene rings is 1. The molecule has 1 heterocycles. The van der Waals surface area contributed by atoms with Crippen LogP contribution in [0.1, 0.15) is 13.8 Å². The van der Waals surface area contributed by atoms with E-state index in [9.17, 15) is 10.1 Å². The van der Waals surface area contributed by atoms with Crippen LogP contribution in [-0.2, 0) is 0 Å². The maximum absolute atomic E-state index is 11.4. The lowest BCUT2D eigenvalue weighted by atomic mass is 10.1. The van der Waals surface area contributed by atoms with Gasteiger partial charge < -0.3 is 4.90 Å². The highest BCUT2D eigenvalue weighted by Crippen LogP contribution is 2.36. The highest BCUT2D eigenvalue weighted by molar-refractivity contribution is 7.16. The average Bonchev–Trinajstić information content (AvgIpc) is 2.91. The zero-order chi connectivity index (χ0) is 14.7. The van der Waals surface area contributed by atoms with Crippen LogP contribution in [0.25, 0.3) is 10.2 Å². The van der Waals surface area contributed by atoms with Crippen LogP contribution in [0.4, 0.5) is 11.4 Å². The number of thiazole rings is 1. The molecule has 0 N–H and O–H groups in total. The number of nitro benzene ring substituents is 1. The topological polar surface area (TPSA) is 83.1 Å². The van der Waals surface area contributed by atoms with Gasteiger partial charge in [0.25, 0.3) is 0 Å². The summed E-state index contributed by atoms with van der Waals surface area (Å²) in [5.74, 6) is -0.194.